The van der Waals surface area contributed by atoms with Crippen molar-refractivity contribution in [3.8, 4) is 0 Å². The molecule has 54 valence electrons. The van der Waals surface area contributed by atoms with Gasteiger partial charge in [-0.2, -0.15) is 0 Å². The van der Waals surface area contributed by atoms with Gasteiger partial charge in [-0.3, -0.25) is 0 Å². The summed E-state index contributed by atoms with van der Waals surface area (Å²) >= 11 is 0. The molecule has 0 amide bonds. The van der Waals surface area contributed by atoms with E-state index in [-0.39, 0.29) is 0 Å². The maximum Gasteiger partial charge on any atom is 0.190 e. The van der Waals surface area contributed by atoms with Crippen molar-refractivity contribution in [1.82, 2.24) is 0 Å². The molecule has 1 saturated carbocycles. The van der Waals surface area contributed by atoms with Gasteiger partial charge in [-0.25, -0.2) is 4.99 Å². The normalized spacial score (nSPS) is 36.5. The van der Waals surface area contributed by atoms with Gasteiger partial charge in [-0.05, 0) is 18.4 Å². The molecular formula is C8H11NO. The molecule has 1 heterocycles. The molecule has 0 aromatic heterocycles. The first kappa shape index (κ1) is 5.96. The molecule has 0 aromatic rings. The Hall–Kier alpha value is -0.790. The molecule has 1 aliphatic heterocycles. The lowest BCUT2D eigenvalue weighted by molar-refractivity contribution is 0.372. The highest BCUT2D eigenvalue weighted by atomic mass is 16.5. The molecule has 2 heteroatoms. The van der Waals surface area contributed by atoms with Crippen LogP contribution in [0.25, 0.3) is 0 Å². The molecule has 0 unspecified atom stereocenters. The molecule has 2 bridgehead atoms. The minimum Gasteiger partial charge on any atom is -0.484 e. The maximum atomic E-state index is 5.10. The lowest BCUT2D eigenvalue weighted by atomic mass is 10.1. The molecule has 10 heavy (non-hydrogen) atoms. The van der Waals surface area contributed by atoms with Gasteiger partial charge in [0.15, 0.2) is 5.90 Å². The number of methoxy groups -OCH3 is 1. The molecule has 2 atom stereocenters. The molecule has 0 aromatic carbocycles. The Morgan fingerprint density at radius 3 is 2.70 bits per heavy atom. The van der Waals surface area contributed by atoms with E-state index in [9.17, 15) is 0 Å². The molecule has 2 nitrogen and oxygen atoms in total. The maximum absolute atomic E-state index is 5.10. The van der Waals surface area contributed by atoms with E-state index >= 15 is 0 Å². The van der Waals surface area contributed by atoms with Crippen LogP contribution in [0.4, 0.5) is 0 Å². The summed E-state index contributed by atoms with van der Waals surface area (Å²) < 4.78 is 5.10. The number of hydrogen-bond donors (Lipinski definition) is 0. The third-order valence-corrected chi connectivity index (χ3v) is 2.39. The highest BCUT2D eigenvalue weighted by Gasteiger charge is 2.38. The molecule has 1 aliphatic carbocycles. The molecule has 2 aliphatic rings. The fourth-order valence-electron chi connectivity index (χ4n) is 1.80. The number of ether oxygens (including phenoxy) is 1. The fraction of sp³-hybridized carbons (Fsp3) is 0.625. The monoisotopic (exact) mass is 137 g/mol. The topological polar surface area (TPSA) is 21.6 Å². The van der Waals surface area contributed by atoms with Crippen molar-refractivity contribution < 1.29 is 4.74 Å². The summed E-state index contributed by atoms with van der Waals surface area (Å²) in [5, 5.41) is 0. The number of aliphatic imine (C=N–C) groups is 1. The minimum atomic E-state index is 0.389. The second-order valence-electron chi connectivity index (χ2n) is 2.89. The second-order valence-corrected chi connectivity index (χ2v) is 2.89. The highest BCUT2D eigenvalue weighted by molar-refractivity contribution is 5.86. The van der Waals surface area contributed by atoms with E-state index in [1.807, 2.05) is 0 Å². The van der Waals surface area contributed by atoms with E-state index in [2.05, 4.69) is 11.6 Å². The molecule has 2 rings (SSSR count). The SMILES string of the molecule is C=C1[C@H]2CC[C@@H]1N=C2OC. The lowest BCUT2D eigenvalue weighted by Gasteiger charge is -2.08. The Morgan fingerprint density at radius 1 is 1.60 bits per heavy atom. The van der Waals surface area contributed by atoms with Crippen molar-refractivity contribution in [2.24, 2.45) is 10.9 Å². The van der Waals surface area contributed by atoms with Crippen molar-refractivity contribution in [2.45, 2.75) is 18.9 Å². The summed E-state index contributed by atoms with van der Waals surface area (Å²) in [7, 11) is 1.69. The van der Waals surface area contributed by atoms with Crippen molar-refractivity contribution >= 4 is 5.90 Å². The summed E-state index contributed by atoms with van der Waals surface area (Å²) in [5.41, 5.74) is 1.26. The Kier molecular flexibility index (Phi) is 1.10. The van der Waals surface area contributed by atoms with Crippen LogP contribution in [0.3, 0.4) is 0 Å². The molecular weight excluding hydrogens is 126 g/mol. The van der Waals surface area contributed by atoms with Crippen LogP contribution in [0.15, 0.2) is 17.1 Å². The standard InChI is InChI=1S/C8H11NO/c1-5-6-3-4-7(5)9-8(6)10-2/h6-7H,1,3-4H2,2H3/t6-,7+/m1/s1. The van der Waals surface area contributed by atoms with Crippen molar-refractivity contribution in [3.63, 3.8) is 0 Å². The van der Waals surface area contributed by atoms with Gasteiger partial charge in [0.1, 0.15) is 0 Å². The number of hydrogen-bond acceptors (Lipinski definition) is 2. The van der Waals surface area contributed by atoms with Crippen molar-refractivity contribution in [2.75, 3.05) is 7.11 Å². The van der Waals surface area contributed by atoms with Crippen molar-refractivity contribution in [1.29, 1.82) is 0 Å². The van der Waals surface area contributed by atoms with Crippen LogP contribution in [0.1, 0.15) is 12.8 Å². The predicted molar refractivity (Wildman–Crippen MR) is 40.1 cm³/mol. The third-order valence-electron chi connectivity index (χ3n) is 2.39. The minimum absolute atomic E-state index is 0.389. The first-order valence-electron chi connectivity index (χ1n) is 3.63. The Bertz CT molecular complexity index is 207. The fourth-order valence-corrected chi connectivity index (χ4v) is 1.80. The first-order chi connectivity index (χ1) is 4.83. The van der Waals surface area contributed by atoms with Crippen LogP contribution in [-0.4, -0.2) is 19.0 Å². The van der Waals surface area contributed by atoms with Crippen LogP contribution >= 0.6 is 0 Å². The quantitative estimate of drug-likeness (QED) is 0.462. The summed E-state index contributed by atoms with van der Waals surface area (Å²) in [6.07, 6.45) is 2.37. The van der Waals surface area contributed by atoms with E-state index in [0.29, 0.717) is 12.0 Å². The summed E-state index contributed by atoms with van der Waals surface area (Å²) in [4.78, 5) is 4.35. The number of rotatable bonds is 0. The third kappa shape index (κ3) is 0.564. The van der Waals surface area contributed by atoms with Gasteiger partial charge in [0.05, 0.1) is 19.1 Å². The van der Waals surface area contributed by atoms with Crippen LogP contribution in [0, 0.1) is 5.92 Å². The van der Waals surface area contributed by atoms with Gasteiger partial charge >= 0.3 is 0 Å². The van der Waals surface area contributed by atoms with Crippen LogP contribution in [0.2, 0.25) is 0 Å². The molecule has 1 fully saturated rings. The Morgan fingerprint density at radius 2 is 2.40 bits per heavy atom. The smallest absolute Gasteiger partial charge is 0.190 e. The number of fused-ring (bicyclic) bond motifs is 2. The molecule has 0 saturated heterocycles. The van der Waals surface area contributed by atoms with Gasteiger partial charge in [-0.1, -0.05) is 6.58 Å². The highest BCUT2D eigenvalue weighted by Crippen LogP contribution is 2.39. The zero-order chi connectivity index (χ0) is 7.14. The Balaban J connectivity index is 2.29. The second kappa shape index (κ2) is 1.84. The predicted octanol–water partition coefficient (Wildman–Crippen LogP) is 1.38. The number of nitrogens with zero attached hydrogens (tertiary/aromatic N) is 1. The average Bonchev–Trinajstić information content (AvgIpc) is 2.46. The Labute approximate surface area is 60.6 Å². The largest absolute Gasteiger partial charge is 0.484 e. The van der Waals surface area contributed by atoms with Crippen molar-refractivity contribution in [3.05, 3.63) is 12.2 Å². The first-order valence-corrected chi connectivity index (χ1v) is 3.63. The summed E-state index contributed by atoms with van der Waals surface area (Å²) in [6.45, 7) is 3.98. The van der Waals surface area contributed by atoms with E-state index in [0.717, 1.165) is 5.90 Å². The van der Waals surface area contributed by atoms with Crippen LogP contribution in [-0.2, 0) is 4.74 Å². The van der Waals surface area contributed by atoms with E-state index < -0.39 is 0 Å². The van der Waals surface area contributed by atoms with E-state index in [4.69, 9.17) is 4.74 Å². The van der Waals surface area contributed by atoms with Gasteiger partial charge in [0, 0.05) is 0 Å². The molecule has 0 spiro atoms. The van der Waals surface area contributed by atoms with Gasteiger partial charge in [0.2, 0.25) is 0 Å². The molecule has 0 N–H and O–H groups in total. The van der Waals surface area contributed by atoms with E-state index in [1.165, 1.54) is 18.4 Å². The van der Waals surface area contributed by atoms with Crippen LogP contribution in [0.5, 0.6) is 0 Å². The average molecular weight is 137 g/mol. The zero-order valence-electron chi connectivity index (χ0n) is 6.13. The summed E-state index contributed by atoms with van der Waals surface area (Å²) in [6, 6.07) is 0.389. The van der Waals surface area contributed by atoms with Gasteiger partial charge in [0.25, 0.3) is 0 Å². The zero-order valence-corrected chi connectivity index (χ0v) is 6.13. The summed E-state index contributed by atoms with van der Waals surface area (Å²) in [5.74, 6) is 1.36. The van der Waals surface area contributed by atoms with Crippen LogP contribution < -0.4 is 0 Å². The molecule has 0 radical (unpaired) electrons. The lowest BCUT2D eigenvalue weighted by Crippen LogP contribution is -2.11. The van der Waals surface area contributed by atoms with Gasteiger partial charge in [-0.15, -0.1) is 0 Å². The van der Waals surface area contributed by atoms with E-state index in [1.54, 1.807) is 7.11 Å². The van der Waals surface area contributed by atoms with Gasteiger partial charge < -0.3 is 4.74 Å².